The van der Waals surface area contributed by atoms with Crippen molar-refractivity contribution in [3.05, 3.63) is 0 Å². The fourth-order valence-corrected chi connectivity index (χ4v) is 3.43. The Labute approximate surface area is 115 Å². The SMILES string of the molecule is CCN1CCCC(C(=O)O)(N2CCCNCC2)CC1. The van der Waals surface area contributed by atoms with Crippen molar-refractivity contribution in [2.75, 3.05) is 45.8 Å². The van der Waals surface area contributed by atoms with Gasteiger partial charge in [-0.2, -0.15) is 0 Å². The van der Waals surface area contributed by atoms with Crippen LogP contribution in [0.3, 0.4) is 0 Å². The molecule has 2 heterocycles. The summed E-state index contributed by atoms with van der Waals surface area (Å²) < 4.78 is 0. The average molecular weight is 269 g/mol. The topological polar surface area (TPSA) is 55.8 Å². The predicted octanol–water partition coefficient (Wildman–Crippen LogP) is 0.611. The van der Waals surface area contributed by atoms with Crippen LogP contribution in [0.1, 0.15) is 32.6 Å². The summed E-state index contributed by atoms with van der Waals surface area (Å²) in [7, 11) is 0. The fourth-order valence-electron chi connectivity index (χ4n) is 3.43. The van der Waals surface area contributed by atoms with Crippen molar-refractivity contribution in [2.24, 2.45) is 0 Å². The highest BCUT2D eigenvalue weighted by molar-refractivity contribution is 5.79. The molecule has 0 aromatic heterocycles. The van der Waals surface area contributed by atoms with Gasteiger partial charge in [-0.1, -0.05) is 6.92 Å². The number of hydrogen-bond donors (Lipinski definition) is 2. The van der Waals surface area contributed by atoms with E-state index in [1.165, 1.54) is 0 Å². The predicted molar refractivity (Wildman–Crippen MR) is 75.4 cm³/mol. The van der Waals surface area contributed by atoms with Crippen LogP contribution >= 0.6 is 0 Å². The van der Waals surface area contributed by atoms with Crippen LogP contribution in [-0.4, -0.2) is 72.2 Å². The molecule has 0 radical (unpaired) electrons. The van der Waals surface area contributed by atoms with Crippen LogP contribution in [0.4, 0.5) is 0 Å². The van der Waals surface area contributed by atoms with Gasteiger partial charge in [0.05, 0.1) is 0 Å². The Hall–Kier alpha value is -0.650. The van der Waals surface area contributed by atoms with Gasteiger partial charge in [-0.15, -0.1) is 0 Å². The summed E-state index contributed by atoms with van der Waals surface area (Å²) in [6.07, 6.45) is 3.59. The minimum Gasteiger partial charge on any atom is -0.480 e. The van der Waals surface area contributed by atoms with Crippen LogP contribution in [0, 0.1) is 0 Å². The molecule has 0 aliphatic carbocycles. The zero-order chi connectivity index (χ0) is 13.7. The number of nitrogens with one attached hydrogen (secondary N) is 1. The first-order valence-electron chi connectivity index (χ1n) is 7.60. The maximum Gasteiger partial charge on any atom is 0.324 e. The molecule has 2 rings (SSSR count). The van der Waals surface area contributed by atoms with E-state index in [1.54, 1.807) is 0 Å². The summed E-state index contributed by atoms with van der Waals surface area (Å²) in [6, 6.07) is 0. The fraction of sp³-hybridized carbons (Fsp3) is 0.929. The molecular formula is C14H27N3O2. The van der Waals surface area contributed by atoms with Crippen molar-refractivity contribution in [1.82, 2.24) is 15.1 Å². The molecule has 2 fully saturated rings. The van der Waals surface area contributed by atoms with E-state index in [0.717, 1.165) is 71.5 Å². The van der Waals surface area contributed by atoms with Crippen molar-refractivity contribution >= 4 is 5.97 Å². The van der Waals surface area contributed by atoms with Gasteiger partial charge in [-0.05, 0) is 45.3 Å². The quantitative estimate of drug-likeness (QED) is 0.786. The van der Waals surface area contributed by atoms with Crippen LogP contribution in [0.25, 0.3) is 0 Å². The molecule has 5 nitrogen and oxygen atoms in total. The monoisotopic (exact) mass is 269 g/mol. The molecule has 1 unspecified atom stereocenters. The van der Waals surface area contributed by atoms with E-state index in [0.29, 0.717) is 0 Å². The van der Waals surface area contributed by atoms with Gasteiger partial charge in [-0.3, -0.25) is 9.69 Å². The van der Waals surface area contributed by atoms with E-state index in [1.807, 2.05) is 0 Å². The molecule has 1 atom stereocenters. The number of rotatable bonds is 3. The third kappa shape index (κ3) is 3.27. The Morgan fingerprint density at radius 3 is 2.74 bits per heavy atom. The molecule has 2 N–H and O–H groups in total. The summed E-state index contributed by atoms with van der Waals surface area (Å²) in [4.78, 5) is 16.6. The highest BCUT2D eigenvalue weighted by atomic mass is 16.4. The number of hydrogen-bond acceptors (Lipinski definition) is 4. The number of carbonyl (C=O) groups is 1. The molecule has 19 heavy (non-hydrogen) atoms. The third-order valence-corrected chi connectivity index (χ3v) is 4.70. The molecule has 0 aromatic rings. The molecule has 0 spiro atoms. The minimum atomic E-state index is -0.629. The Balaban J connectivity index is 2.14. The summed E-state index contributed by atoms with van der Waals surface area (Å²) in [6.45, 7) is 8.81. The van der Waals surface area contributed by atoms with Gasteiger partial charge in [-0.25, -0.2) is 0 Å². The van der Waals surface area contributed by atoms with Gasteiger partial charge in [0.25, 0.3) is 0 Å². The second-order valence-electron chi connectivity index (χ2n) is 5.72. The molecule has 2 saturated heterocycles. The number of aliphatic carboxylic acids is 1. The average Bonchev–Trinajstić information content (AvgIpc) is 2.79. The number of carboxylic acids is 1. The van der Waals surface area contributed by atoms with Crippen LogP contribution < -0.4 is 5.32 Å². The van der Waals surface area contributed by atoms with E-state index in [4.69, 9.17) is 0 Å². The highest BCUT2D eigenvalue weighted by Crippen LogP contribution is 2.30. The molecule has 0 aromatic carbocycles. The molecule has 110 valence electrons. The lowest BCUT2D eigenvalue weighted by Crippen LogP contribution is -2.56. The van der Waals surface area contributed by atoms with Gasteiger partial charge in [0.1, 0.15) is 5.54 Å². The van der Waals surface area contributed by atoms with Crippen molar-refractivity contribution < 1.29 is 9.90 Å². The lowest BCUT2D eigenvalue weighted by molar-refractivity contribution is -0.152. The molecule has 2 aliphatic rings. The van der Waals surface area contributed by atoms with E-state index < -0.39 is 11.5 Å². The summed E-state index contributed by atoms with van der Waals surface area (Å²) >= 11 is 0. The molecule has 2 aliphatic heterocycles. The Morgan fingerprint density at radius 1 is 1.16 bits per heavy atom. The van der Waals surface area contributed by atoms with Gasteiger partial charge < -0.3 is 15.3 Å². The first-order valence-corrected chi connectivity index (χ1v) is 7.60. The van der Waals surface area contributed by atoms with Crippen LogP contribution in [-0.2, 0) is 4.79 Å². The molecule has 0 bridgehead atoms. The van der Waals surface area contributed by atoms with Crippen molar-refractivity contribution in [1.29, 1.82) is 0 Å². The Kier molecular flexibility index (Phi) is 5.19. The molecule has 0 saturated carbocycles. The maximum absolute atomic E-state index is 12.0. The number of carboxylic acid groups (broad SMARTS) is 1. The van der Waals surface area contributed by atoms with Gasteiger partial charge in [0.2, 0.25) is 0 Å². The highest BCUT2D eigenvalue weighted by Gasteiger charge is 2.44. The molecule has 5 heteroatoms. The van der Waals surface area contributed by atoms with E-state index in [-0.39, 0.29) is 0 Å². The molecular weight excluding hydrogens is 242 g/mol. The van der Waals surface area contributed by atoms with E-state index in [2.05, 4.69) is 22.0 Å². The molecule has 0 amide bonds. The summed E-state index contributed by atoms with van der Waals surface area (Å²) in [5.41, 5.74) is -0.629. The number of nitrogens with zero attached hydrogens (tertiary/aromatic N) is 2. The Morgan fingerprint density at radius 2 is 2.00 bits per heavy atom. The lowest BCUT2D eigenvalue weighted by atomic mass is 9.88. The normalized spacial score (nSPS) is 31.6. The first-order chi connectivity index (χ1) is 9.19. The number of likely N-dealkylation sites (tertiary alicyclic amines) is 1. The standard InChI is InChI=1S/C14H27N3O2/c1-2-16-9-3-5-14(6-11-16,13(18)19)17-10-4-7-15-8-12-17/h15H,2-12H2,1H3,(H,18,19). The smallest absolute Gasteiger partial charge is 0.324 e. The van der Waals surface area contributed by atoms with Gasteiger partial charge >= 0.3 is 5.97 Å². The summed E-state index contributed by atoms with van der Waals surface area (Å²) in [5.74, 6) is -0.618. The second kappa shape index (κ2) is 6.68. The lowest BCUT2D eigenvalue weighted by Gasteiger charge is -2.39. The van der Waals surface area contributed by atoms with Gasteiger partial charge in [0.15, 0.2) is 0 Å². The largest absolute Gasteiger partial charge is 0.480 e. The van der Waals surface area contributed by atoms with E-state index in [9.17, 15) is 9.90 Å². The van der Waals surface area contributed by atoms with E-state index >= 15 is 0 Å². The van der Waals surface area contributed by atoms with Crippen LogP contribution in [0.15, 0.2) is 0 Å². The van der Waals surface area contributed by atoms with Crippen molar-refractivity contribution in [2.45, 2.75) is 38.1 Å². The maximum atomic E-state index is 12.0. The summed E-state index contributed by atoms with van der Waals surface area (Å²) in [5, 5.41) is 13.2. The Bertz CT molecular complexity index is 303. The third-order valence-electron chi connectivity index (χ3n) is 4.70. The van der Waals surface area contributed by atoms with Crippen molar-refractivity contribution in [3.8, 4) is 0 Å². The van der Waals surface area contributed by atoms with Crippen LogP contribution in [0.5, 0.6) is 0 Å². The zero-order valence-corrected chi connectivity index (χ0v) is 12.0. The first kappa shape index (κ1) is 14.8. The zero-order valence-electron chi connectivity index (χ0n) is 12.0. The second-order valence-corrected chi connectivity index (χ2v) is 5.72. The van der Waals surface area contributed by atoms with Crippen LogP contribution in [0.2, 0.25) is 0 Å². The minimum absolute atomic E-state index is 0.618. The van der Waals surface area contributed by atoms with Crippen molar-refractivity contribution in [3.63, 3.8) is 0 Å². The van der Waals surface area contributed by atoms with Gasteiger partial charge in [0, 0.05) is 26.2 Å².